The first-order valence-corrected chi connectivity index (χ1v) is 8.23. The number of hydrogen-bond donors (Lipinski definition) is 3. The van der Waals surface area contributed by atoms with Crippen molar-refractivity contribution in [2.45, 2.75) is 90.2 Å². The Hall–Kier alpha value is -1.10. The third-order valence-corrected chi connectivity index (χ3v) is 3.56. The zero-order chi connectivity index (χ0) is 16.1. The van der Waals surface area contributed by atoms with Gasteiger partial charge in [-0.25, -0.2) is 4.79 Å². The predicted octanol–water partition coefficient (Wildman–Crippen LogP) is 2.86. The van der Waals surface area contributed by atoms with Gasteiger partial charge in [0, 0.05) is 6.42 Å². The minimum Gasteiger partial charge on any atom is -0.480 e. The van der Waals surface area contributed by atoms with Gasteiger partial charge >= 0.3 is 5.97 Å². The van der Waals surface area contributed by atoms with Crippen LogP contribution in [-0.2, 0) is 9.59 Å². The van der Waals surface area contributed by atoms with Gasteiger partial charge in [0.05, 0.1) is 6.10 Å². The van der Waals surface area contributed by atoms with Gasteiger partial charge in [0.2, 0.25) is 5.91 Å². The molecule has 0 saturated heterocycles. The number of carbonyl (C=O) groups is 2. The van der Waals surface area contributed by atoms with Gasteiger partial charge in [0.25, 0.3) is 0 Å². The standard InChI is InChI=1S/C16H31NO4/c1-3-5-6-7-8-9-10-12-14(19)17-15(16(20)21)13(18)11-4-2/h13,15,18H,3-12H2,1-2H3,(H,17,19)(H,20,21). The molecule has 5 nitrogen and oxygen atoms in total. The van der Waals surface area contributed by atoms with Crippen LogP contribution in [0.4, 0.5) is 0 Å². The summed E-state index contributed by atoms with van der Waals surface area (Å²) in [5.74, 6) is -1.46. The van der Waals surface area contributed by atoms with Gasteiger partial charge in [-0.2, -0.15) is 0 Å². The first-order chi connectivity index (χ1) is 10.0. The van der Waals surface area contributed by atoms with Crippen molar-refractivity contribution < 1.29 is 19.8 Å². The largest absolute Gasteiger partial charge is 0.480 e. The molecule has 0 aromatic heterocycles. The van der Waals surface area contributed by atoms with Crippen molar-refractivity contribution in [1.82, 2.24) is 5.32 Å². The lowest BCUT2D eigenvalue weighted by atomic mass is 10.1. The van der Waals surface area contributed by atoms with Crippen LogP contribution in [0.1, 0.15) is 78.1 Å². The van der Waals surface area contributed by atoms with Gasteiger partial charge in [-0.1, -0.05) is 58.8 Å². The number of hydrogen-bond acceptors (Lipinski definition) is 3. The Morgan fingerprint density at radius 3 is 2.05 bits per heavy atom. The lowest BCUT2D eigenvalue weighted by Gasteiger charge is -2.19. The number of rotatable bonds is 13. The van der Waals surface area contributed by atoms with Crippen molar-refractivity contribution in [3.63, 3.8) is 0 Å². The summed E-state index contributed by atoms with van der Waals surface area (Å²) < 4.78 is 0. The molecule has 1 amide bonds. The van der Waals surface area contributed by atoms with Gasteiger partial charge in [-0.05, 0) is 12.8 Å². The summed E-state index contributed by atoms with van der Waals surface area (Å²) >= 11 is 0. The average molecular weight is 301 g/mol. The number of carbonyl (C=O) groups excluding carboxylic acids is 1. The van der Waals surface area contributed by atoms with E-state index in [2.05, 4.69) is 12.2 Å². The third-order valence-electron chi connectivity index (χ3n) is 3.56. The number of carboxylic acids is 1. The summed E-state index contributed by atoms with van der Waals surface area (Å²) in [7, 11) is 0. The van der Waals surface area contributed by atoms with Crippen LogP contribution in [0.5, 0.6) is 0 Å². The molecule has 0 radical (unpaired) electrons. The van der Waals surface area contributed by atoms with Gasteiger partial charge in [-0.15, -0.1) is 0 Å². The molecule has 0 fully saturated rings. The first-order valence-electron chi connectivity index (χ1n) is 8.23. The van der Waals surface area contributed by atoms with Crippen LogP contribution in [-0.4, -0.2) is 34.2 Å². The summed E-state index contributed by atoms with van der Waals surface area (Å²) in [5.41, 5.74) is 0. The fourth-order valence-electron chi connectivity index (χ4n) is 2.27. The van der Waals surface area contributed by atoms with E-state index in [0.717, 1.165) is 19.3 Å². The van der Waals surface area contributed by atoms with Crippen molar-refractivity contribution in [3.8, 4) is 0 Å². The highest BCUT2D eigenvalue weighted by atomic mass is 16.4. The maximum absolute atomic E-state index is 11.7. The fourth-order valence-corrected chi connectivity index (χ4v) is 2.27. The smallest absolute Gasteiger partial charge is 0.328 e. The van der Waals surface area contributed by atoms with Crippen molar-refractivity contribution in [2.24, 2.45) is 0 Å². The maximum atomic E-state index is 11.7. The van der Waals surface area contributed by atoms with Gasteiger partial charge in [0.15, 0.2) is 6.04 Å². The van der Waals surface area contributed by atoms with Crippen LogP contribution in [0.25, 0.3) is 0 Å². The quantitative estimate of drug-likeness (QED) is 0.457. The van der Waals surface area contributed by atoms with Crippen LogP contribution in [0.2, 0.25) is 0 Å². The van der Waals surface area contributed by atoms with Crippen LogP contribution < -0.4 is 5.32 Å². The molecule has 0 bridgehead atoms. The van der Waals surface area contributed by atoms with E-state index in [9.17, 15) is 14.7 Å². The number of aliphatic hydroxyl groups is 1. The highest BCUT2D eigenvalue weighted by molar-refractivity contribution is 5.83. The van der Waals surface area contributed by atoms with Gasteiger partial charge < -0.3 is 15.5 Å². The number of aliphatic hydroxyl groups excluding tert-OH is 1. The monoisotopic (exact) mass is 301 g/mol. The molecule has 0 heterocycles. The average Bonchev–Trinajstić information content (AvgIpc) is 2.43. The Bertz CT molecular complexity index is 294. The molecule has 0 aliphatic carbocycles. The lowest BCUT2D eigenvalue weighted by Crippen LogP contribution is -2.48. The summed E-state index contributed by atoms with van der Waals surface area (Å²) in [5, 5.41) is 21.2. The van der Waals surface area contributed by atoms with Crippen LogP contribution in [0.3, 0.4) is 0 Å². The molecule has 0 spiro atoms. The second kappa shape index (κ2) is 12.6. The Morgan fingerprint density at radius 2 is 1.52 bits per heavy atom. The van der Waals surface area contributed by atoms with E-state index in [1.165, 1.54) is 25.7 Å². The molecule has 0 saturated carbocycles. The number of amides is 1. The zero-order valence-corrected chi connectivity index (χ0v) is 13.4. The van der Waals surface area contributed by atoms with Crippen LogP contribution in [0.15, 0.2) is 0 Å². The molecule has 0 aromatic rings. The first kappa shape index (κ1) is 19.9. The predicted molar refractivity (Wildman–Crippen MR) is 83.1 cm³/mol. The highest BCUT2D eigenvalue weighted by Gasteiger charge is 2.27. The molecular formula is C16H31NO4. The van der Waals surface area contributed by atoms with Crippen molar-refractivity contribution in [1.29, 1.82) is 0 Å². The number of unbranched alkanes of at least 4 members (excludes halogenated alkanes) is 6. The Labute approximate surface area is 128 Å². The fraction of sp³-hybridized carbons (Fsp3) is 0.875. The summed E-state index contributed by atoms with van der Waals surface area (Å²) in [4.78, 5) is 22.8. The molecule has 2 atom stereocenters. The summed E-state index contributed by atoms with van der Waals surface area (Å²) in [6.07, 6.45) is 8.16. The van der Waals surface area contributed by atoms with E-state index in [0.29, 0.717) is 19.3 Å². The SMILES string of the molecule is CCCCCCCCCC(=O)NC(C(=O)O)C(O)CCC. The molecule has 2 unspecified atom stereocenters. The molecule has 21 heavy (non-hydrogen) atoms. The van der Waals surface area contributed by atoms with E-state index in [1.54, 1.807) is 0 Å². The second-order valence-corrected chi connectivity index (χ2v) is 5.61. The summed E-state index contributed by atoms with van der Waals surface area (Å²) in [6.45, 7) is 4.04. The molecular weight excluding hydrogens is 270 g/mol. The van der Waals surface area contributed by atoms with Gasteiger partial charge in [0.1, 0.15) is 0 Å². The van der Waals surface area contributed by atoms with Crippen LogP contribution in [0, 0.1) is 0 Å². The molecule has 124 valence electrons. The van der Waals surface area contributed by atoms with E-state index in [1.807, 2.05) is 6.92 Å². The maximum Gasteiger partial charge on any atom is 0.328 e. The van der Waals surface area contributed by atoms with Crippen molar-refractivity contribution >= 4 is 11.9 Å². The minimum atomic E-state index is -1.19. The molecule has 0 rings (SSSR count). The second-order valence-electron chi connectivity index (χ2n) is 5.61. The molecule has 5 heteroatoms. The highest BCUT2D eigenvalue weighted by Crippen LogP contribution is 2.09. The van der Waals surface area contributed by atoms with E-state index in [-0.39, 0.29) is 5.91 Å². The van der Waals surface area contributed by atoms with E-state index >= 15 is 0 Å². The minimum absolute atomic E-state index is 0.286. The lowest BCUT2D eigenvalue weighted by molar-refractivity contribution is -0.145. The number of aliphatic carboxylic acids is 1. The molecule has 0 aliphatic heterocycles. The van der Waals surface area contributed by atoms with Gasteiger partial charge in [-0.3, -0.25) is 4.79 Å². The Balaban J connectivity index is 3.86. The van der Waals surface area contributed by atoms with E-state index < -0.39 is 18.1 Å². The van der Waals surface area contributed by atoms with Crippen molar-refractivity contribution in [2.75, 3.05) is 0 Å². The Kier molecular flexibility index (Phi) is 12.0. The normalized spacial score (nSPS) is 13.7. The molecule has 0 aliphatic rings. The van der Waals surface area contributed by atoms with E-state index in [4.69, 9.17) is 5.11 Å². The Morgan fingerprint density at radius 1 is 0.952 bits per heavy atom. The number of carboxylic acid groups (broad SMARTS) is 1. The third kappa shape index (κ3) is 10.3. The molecule has 3 N–H and O–H groups in total. The topological polar surface area (TPSA) is 86.6 Å². The van der Waals surface area contributed by atoms with Crippen molar-refractivity contribution in [3.05, 3.63) is 0 Å². The molecule has 0 aromatic carbocycles. The summed E-state index contributed by atoms with van der Waals surface area (Å²) in [6, 6.07) is -1.19. The zero-order valence-electron chi connectivity index (χ0n) is 13.4. The number of nitrogens with one attached hydrogen (secondary N) is 1. The van der Waals surface area contributed by atoms with Crippen LogP contribution >= 0.6 is 0 Å².